The fourth-order valence-electron chi connectivity index (χ4n) is 1.08. The highest BCUT2D eigenvalue weighted by Gasteiger charge is 2.10. The quantitative estimate of drug-likeness (QED) is 0.528. The van der Waals surface area contributed by atoms with Crippen molar-refractivity contribution in [3.05, 3.63) is 23.3 Å². The lowest BCUT2D eigenvalue weighted by Gasteiger charge is -2.06. The van der Waals surface area contributed by atoms with Gasteiger partial charge in [0, 0.05) is 0 Å². The summed E-state index contributed by atoms with van der Waals surface area (Å²) in [7, 11) is 1.33. The highest BCUT2D eigenvalue weighted by Crippen LogP contribution is 2.20. The van der Waals surface area contributed by atoms with Gasteiger partial charge < -0.3 is 16.2 Å². The number of methoxy groups -OCH3 is 1. The second kappa shape index (κ2) is 4.50. The molecule has 14 heavy (non-hydrogen) atoms. The van der Waals surface area contributed by atoms with Crippen LogP contribution in [0.5, 0.6) is 0 Å². The monoisotopic (exact) mass is 196 g/mol. The van der Waals surface area contributed by atoms with Gasteiger partial charge in [0.15, 0.2) is 0 Å². The van der Waals surface area contributed by atoms with Crippen LogP contribution in [0.4, 0.5) is 11.4 Å². The Balaban J connectivity index is 0.00000169. The molecular weight excluding hydrogens is 180 g/mol. The summed E-state index contributed by atoms with van der Waals surface area (Å²) >= 11 is 0. The minimum atomic E-state index is -0.399. The summed E-state index contributed by atoms with van der Waals surface area (Å²) in [6.07, 6.45) is 0. The first-order valence-electron chi connectivity index (χ1n) is 3.80. The molecule has 0 atom stereocenters. The summed E-state index contributed by atoms with van der Waals surface area (Å²) < 4.78 is 4.58. The minimum Gasteiger partial charge on any atom is -0.465 e. The molecule has 1 aromatic carbocycles. The molecule has 0 aliphatic rings. The number of ether oxygens (including phenoxy) is 1. The first kappa shape index (κ1) is 12.3. The van der Waals surface area contributed by atoms with E-state index in [4.69, 9.17) is 11.5 Å². The van der Waals surface area contributed by atoms with Crippen LogP contribution in [-0.2, 0) is 4.74 Å². The van der Waals surface area contributed by atoms with Crippen LogP contribution in [0.25, 0.3) is 0 Å². The van der Waals surface area contributed by atoms with Crippen LogP contribution in [0.2, 0.25) is 0 Å². The molecule has 4 nitrogen and oxygen atoms in total. The Labute approximate surface area is 83.9 Å². The molecule has 0 saturated heterocycles. The number of anilines is 2. The molecule has 78 valence electrons. The number of nitrogens with two attached hydrogens (primary N) is 2. The van der Waals surface area contributed by atoms with Crippen molar-refractivity contribution in [2.75, 3.05) is 18.6 Å². The van der Waals surface area contributed by atoms with E-state index in [9.17, 15) is 4.79 Å². The summed E-state index contributed by atoms with van der Waals surface area (Å²) in [6.45, 7) is 1.78. The second-order valence-electron chi connectivity index (χ2n) is 2.79. The molecule has 0 amide bonds. The van der Waals surface area contributed by atoms with Crippen molar-refractivity contribution in [2.24, 2.45) is 0 Å². The van der Waals surface area contributed by atoms with Crippen LogP contribution in [0.15, 0.2) is 12.1 Å². The van der Waals surface area contributed by atoms with E-state index >= 15 is 0 Å². The molecule has 4 heteroatoms. The molecule has 0 spiro atoms. The zero-order valence-electron chi connectivity index (χ0n) is 7.63. The van der Waals surface area contributed by atoms with Crippen molar-refractivity contribution in [2.45, 2.75) is 14.4 Å². The Morgan fingerprint density at radius 1 is 1.29 bits per heavy atom. The zero-order chi connectivity index (χ0) is 10.0. The van der Waals surface area contributed by atoms with Crippen LogP contribution < -0.4 is 11.5 Å². The predicted molar refractivity (Wildman–Crippen MR) is 58.1 cm³/mol. The normalized spacial score (nSPS) is 9.00. The molecule has 0 bridgehead atoms. The lowest BCUT2D eigenvalue weighted by molar-refractivity contribution is 0.0600. The van der Waals surface area contributed by atoms with Crippen LogP contribution in [0, 0.1) is 6.92 Å². The van der Waals surface area contributed by atoms with Crippen LogP contribution in [0.1, 0.15) is 23.3 Å². The third-order valence-electron chi connectivity index (χ3n) is 1.84. The summed E-state index contributed by atoms with van der Waals surface area (Å²) in [5.74, 6) is -0.399. The van der Waals surface area contributed by atoms with E-state index in [0.717, 1.165) is 5.56 Å². The smallest absolute Gasteiger partial charge is 0.338 e. The van der Waals surface area contributed by atoms with Gasteiger partial charge in [-0.3, -0.25) is 0 Å². The van der Waals surface area contributed by atoms with Crippen molar-refractivity contribution < 1.29 is 9.53 Å². The van der Waals surface area contributed by atoms with E-state index in [1.54, 1.807) is 13.0 Å². The van der Waals surface area contributed by atoms with E-state index in [1.807, 2.05) is 0 Å². The van der Waals surface area contributed by atoms with Crippen molar-refractivity contribution in [3.8, 4) is 0 Å². The van der Waals surface area contributed by atoms with E-state index in [2.05, 4.69) is 4.74 Å². The maximum Gasteiger partial charge on any atom is 0.338 e. The van der Waals surface area contributed by atoms with E-state index in [1.165, 1.54) is 13.2 Å². The molecule has 4 N–H and O–H groups in total. The fourth-order valence-corrected chi connectivity index (χ4v) is 1.08. The number of esters is 1. The average Bonchev–Trinajstić information content (AvgIpc) is 2.10. The zero-order valence-corrected chi connectivity index (χ0v) is 7.63. The lowest BCUT2D eigenvalue weighted by Crippen LogP contribution is -2.06. The molecule has 0 aliphatic carbocycles. The fraction of sp³-hybridized carbons (Fsp3) is 0.300. The van der Waals surface area contributed by atoms with Gasteiger partial charge in [0.1, 0.15) is 0 Å². The predicted octanol–water partition coefficient (Wildman–Crippen LogP) is 1.58. The number of aryl methyl sites for hydroxylation is 1. The molecular formula is C10H16N2O2. The van der Waals surface area contributed by atoms with Crippen molar-refractivity contribution in [1.82, 2.24) is 0 Å². The highest BCUT2D eigenvalue weighted by molar-refractivity contribution is 5.93. The Morgan fingerprint density at radius 3 is 2.29 bits per heavy atom. The number of hydrogen-bond acceptors (Lipinski definition) is 4. The molecule has 0 saturated carbocycles. The van der Waals surface area contributed by atoms with Crippen molar-refractivity contribution in [3.63, 3.8) is 0 Å². The molecule has 0 heterocycles. The number of carbonyl (C=O) groups is 1. The number of carbonyl (C=O) groups excluding carboxylic acids is 1. The van der Waals surface area contributed by atoms with Gasteiger partial charge in [-0.1, -0.05) is 7.43 Å². The first-order valence-corrected chi connectivity index (χ1v) is 3.80. The largest absolute Gasteiger partial charge is 0.465 e. The topological polar surface area (TPSA) is 78.3 Å². The van der Waals surface area contributed by atoms with Crippen LogP contribution >= 0.6 is 0 Å². The standard InChI is InChI=1S/C9H12N2O2.CH4/c1-5-3-7(10)8(11)4-6(5)9(12)13-2;/h3-4H,10-11H2,1-2H3;1H4. The van der Waals surface area contributed by atoms with E-state index in [0.29, 0.717) is 16.9 Å². The number of rotatable bonds is 1. The number of benzene rings is 1. The van der Waals surface area contributed by atoms with Gasteiger partial charge in [0.05, 0.1) is 24.0 Å². The maximum atomic E-state index is 11.2. The van der Waals surface area contributed by atoms with Crippen LogP contribution in [-0.4, -0.2) is 13.1 Å². The van der Waals surface area contributed by atoms with Crippen LogP contribution in [0.3, 0.4) is 0 Å². The Kier molecular flexibility index (Phi) is 3.95. The molecule has 0 radical (unpaired) electrons. The third-order valence-corrected chi connectivity index (χ3v) is 1.84. The summed E-state index contributed by atoms with van der Waals surface area (Å²) in [5, 5.41) is 0. The van der Waals surface area contributed by atoms with Gasteiger partial charge in [-0.15, -0.1) is 0 Å². The van der Waals surface area contributed by atoms with Gasteiger partial charge in [0.2, 0.25) is 0 Å². The summed E-state index contributed by atoms with van der Waals surface area (Å²) in [4.78, 5) is 11.2. The average molecular weight is 196 g/mol. The molecule has 0 aromatic heterocycles. The summed E-state index contributed by atoms with van der Waals surface area (Å²) in [5.41, 5.74) is 13.2. The maximum absolute atomic E-state index is 11.2. The molecule has 0 aliphatic heterocycles. The minimum absolute atomic E-state index is 0. The SMILES string of the molecule is C.COC(=O)c1cc(N)c(N)cc1C. The van der Waals surface area contributed by atoms with Gasteiger partial charge in [0.25, 0.3) is 0 Å². The van der Waals surface area contributed by atoms with Gasteiger partial charge in [-0.2, -0.15) is 0 Å². The van der Waals surface area contributed by atoms with Gasteiger partial charge in [-0.05, 0) is 24.6 Å². The number of hydrogen-bond donors (Lipinski definition) is 2. The van der Waals surface area contributed by atoms with Crippen molar-refractivity contribution in [1.29, 1.82) is 0 Å². The Bertz CT molecular complexity index is 348. The lowest BCUT2D eigenvalue weighted by atomic mass is 10.1. The van der Waals surface area contributed by atoms with Gasteiger partial charge >= 0.3 is 5.97 Å². The third kappa shape index (κ3) is 2.16. The Hall–Kier alpha value is -1.71. The highest BCUT2D eigenvalue weighted by atomic mass is 16.5. The molecule has 1 aromatic rings. The van der Waals surface area contributed by atoms with Crippen molar-refractivity contribution >= 4 is 17.3 Å². The Morgan fingerprint density at radius 2 is 1.79 bits per heavy atom. The molecule has 0 fully saturated rings. The summed E-state index contributed by atoms with van der Waals surface area (Å²) in [6, 6.07) is 3.18. The van der Waals surface area contributed by atoms with E-state index < -0.39 is 5.97 Å². The molecule has 1 rings (SSSR count). The first-order chi connectivity index (χ1) is 6.06. The number of nitrogen functional groups attached to an aromatic ring is 2. The van der Waals surface area contributed by atoms with Gasteiger partial charge in [-0.25, -0.2) is 4.79 Å². The van der Waals surface area contributed by atoms with E-state index in [-0.39, 0.29) is 7.43 Å². The second-order valence-corrected chi connectivity index (χ2v) is 2.79. The molecule has 0 unspecified atom stereocenters.